The summed E-state index contributed by atoms with van der Waals surface area (Å²) >= 11 is 0. The Hall–Kier alpha value is -0.570. The maximum absolute atomic E-state index is 10.1. The summed E-state index contributed by atoms with van der Waals surface area (Å²) in [5.74, 6) is -0.866. The molecule has 0 heterocycles. The molecule has 3 nitrogen and oxygen atoms in total. The molecule has 0 aliphatic carbocycles. The van der Waals surface area contributed by atoms with Crippen LogP contribution in [0.3, 0.4) is 0 Å². The van der Waals surface area contributed by atoms with Crippen LogP contribution < -0.4 is 5.32 Å². The Morgan fingerprint density at radius 3 is 2.25 bits per heavy atom. The summed E-state index contributed by atoms with van der Waals surface area (Å²) in [5.41, 5.74) is 0. The van der Waals surface area contributed by atoms with Crippen LogP contribution in [0.4, 0.5) is 0 Å². The van der Waals surface area contributed by atoms with Gasteiger partial charge in [0.2, 0.25) is 0 Å². The van der Waals surface area contributed by atoms with Gasteiger partial charge in [-0.15, -0.1) is 0 Å². The zero-order valence-electron chi connectivity index (χ0n) is 5.06. The Labute approximate surface area is 48.7 Å². The van der Waals surface area contributed by atoms with Gasteiger partial charge in [0.25, 0.3) is 0 Å². The normalized spacial score (nSPS) is 9.88. The van der Waals surface area contributed by atoms with Crippen molar-refractivity contribution in [3.05, 3.63) is 6.04 Å². The highest BCUT2D eigenvalue weighted by Gasteiger charge is 2.11. The van der Waals surface area contributed by atoms with Crippen molar-refractivity contribution in [1.82, 2.24) is 5.32 Å². The molecule has 2 N–H and O–H groups in total. The van der Waals surface area contributed by atoms with E-state index in [1.54, 1.807) is 14.0 Å². The summed E-state index contributed by atoms with van der Waals surface area (Å²) in [6.45, 7) is 1.79. The van der Waals surface area contributed by atoms with Crippen molar-refractivity contribution in [2.24, 2.45) is 0 Å². The first-order chi connectivity index (χ1) is 3.72. The van der Waals surface area contributed by atoms with E-state index in [1.165, 1.54) is 0 Å². The number of nitrogens with one attached hydrogen (secondary N) is 1. The first-order valence-corrected chi connectivity index (χ1v) is 2.49. The van der Waals surface area contributed by atoms with Gasteiger partial charge in [-0.1, -0.05) is 6.92 Å². The van der Waals surface area contributed by atoms with Crippen LogP contribution in [0.2, 0.25) is 0 Å². The molecule has 0 aromatic heterocycles. The van der Waals surface area contributed by atoms with Gasteiger partial charge in [-0.25, -0.2) is 0 Å². The Morgan fingerprint density at radius 1 is 1.75 bits per heavy atom. The first-order valence-electron chi connectivity index (χ1n) is 2.49. The molecule has 0 spiro atoms. The fourth-order valence-electron chi connectivity index (χ4n) is 0.435. The molecule has 0 aromatic rings. The number of hydrogen-bond acceptors (Lipinski definition) is 2. The van der Waals surface area contributed by atoms with E-state index in [0.717, 1.165) is 0 Å². The van der Waals surface area contributed by atoms with Crippen molar-refractivity contribution in [1.29, 1.82) is 0 Å². The number of aliphatic carboxylic acids is 1. The van der Waals surface area contributed by atoms with Crippen molar-refractivity contribution >= 4 is 5.97 Å². The number of carboxylic acid groups (broad SMARTS) is 1. The summed E-state index contributed by atoms with van der Waals surface area (Å²) in [4.78, 5) is 10.1. The lowest BCUT2D eigenvalue weighted by Gasteiger charge is -2.03. The minimum atomic E-state index is -0.866. The van der Waals surface area contributed by atoms with Gasteiger partial charge in [-0.2, -0.15) is 0 Å². The van der Waals surface area contributed by atoms with Gasteiger partial charge in [0, 0.05) is 0 Å². The molecule has 0 unspecified atom stereocenters. The highest BCUT2D eigenvalue weighted by atomic mass is 16.4. The maximum Gasteiger partial charge on any atom is 0.326 e. The number of hydrogen-bond donors (Lipinski definition) is 2. The molecule has 47 valence electrons. The second-order valence-corrected chi connectivity index (χ2v) is 1.39. The molecular formula is C5H10NO2. The molecule has 0 aliphatic heterocycles. The average molecular weight is 116 g/mol. The van der Waals surface area contributed by atoms with Crippen molar-refractivity contribution in [3.8, 4) is 0 Å². The zero-order chi connectivity index (χ0) is 6.57. The van der Waals surface area contributed by atoms with Crippen LogP contribution in [-0.2, 0) is 4.79 Å². The summed E-state index contributed by atoms with van der Waals surface area (Å²) < 4.78 is 0. The third-order valence-electron chi connectivity index (χ3n) is 0.913. The van der Waals surface area contributed by atoms with E-state index in [2.05, 4.69) is 5.32 Å². The number of likely N-dealkylation sites (N-methyl/N-ethyl adjacent to an activating group) is 1. The molecule has 0 atom stereocenters. The lowest BCUT2D eigenvalue weighted by atomic mass is 10.2. The molecule has 0 saturated carbocycles. The van der Waals surface area contributed by atoms with Gasteiger partial charge in [-0.05, 0) is 13.5 Å². The number of carbonyl (C=O) groups is 1. The molecule has 0 amide bonds. The monoisotopic (exact) mass is 116 g/mol. The minimum Gasteiger partial charge on any atom is -0.480 e. The van der Waals surface area contributed by atoms with Crippen molar-refractivity contribution in [2.75, 3.05) is 7.05 Å². The molecule has 0 fully saturated rings. The van der Waals surface area contributed by atoms with Gasteiger partial charge >= 0.3 is 5.97 Å². The van der Waals surface area contributed by atoms with E-state index >= 15 is 0 Å². The Balaban J connectivity index is 3.52. The van der Waals surface area contributed by atoms with E-state index in [4.69, 9.17) is 5.11 Å². The smallest absolute Gasteiger partial charge is 0.326 e. The summed E-state index contributed by atoms with van der Waals surface area (Å²) in [7, 11) is 1.60. The topological polar surface area (TPSA) is 49.3 Å². The molecule has 0 rings (SSSR count). The van der Waals surface area contributed by atoms with Gasteiger partial charge in [0.05, 0.1) is 0 Å². The van der Waals surface area contributed by atoms with E-state index < -0.39 is 5.97 Å². The molecule has 3 heteroatoms. The predicted octanol–water partition coefficient (Wildman–Crippen LogP) is 0.232. The molecule has 1 radical (unpaired) electrons. The van der Waals surface area contributed by atoms with Crippen molar-refractivity contribution in [2.45, 2.75) is 13.3 Å². The minimum absolute atomic E-state index is 0.352. The largest absolute Gasteiger partial charge is 0.480 e. The molecule has 0 aromatic carbocycles. The molecule has 0 saturated heterocycles. The second kappa shape index (κ2) is 3.43. The van der Waals surface area contributed by atoms with Crippen molar-refractivity contribution < 1.29 is 9.90 Å². The fraction of sp³-hybridized carbons (Fsp3) is 0.600. The second-order valence-electron chi connectivity index (χ2n) is 1.39. The Morgan fingerprint density at radius 2 is 2.25 bits per heavy atom. The average Bonchev–Trinajstić information content (AvgIpc) is 1.69. The Bertz CT molecular complexity index is 78.5. The van der Waals surface area contributed by atoms with Crippen LogP contribution in [0, 0.1) is 6.04 Å². The standard InChI is InChI=1S/C5H10NO2/c1-3-4(6-2)5(7)8/h6H,3H2,1-2H3,(H,7,8). The summed E-state index contributed by atoms with van der Waals surface area (Å²) in [6, 6.07) is 0.352. The predicted molar refractivity (Wildman–Crippen MR) is 30.2 cm³/mol. The Kier molecular flexibility index (Phi) is 3.19. The van der Waals surface area contributed by atoms with Crippen LogP contribution in [0.5, 0.6) is 0 Å². The van der Waals surface area contributed by atoms with Crippen LogP contribution in [-0.4, -0.2) is 18.1 Å². The molecule has 0 bridgehead atoms. The van der Waals surface area contributed by atoms with Crippen LogP contribution in [0.25, 0.3) is 0 Å². The SMILES string of the molecule is CC[C](NC)C(=O)O. The van der Waals surface area contributed by atoms with Gasteiger partial charge in [-0.3, -0.25) is 4.79 Å². The molecule has 8 heavy (non-hydrogen) atoms. The first kappa shape index (κ1) is 7.43. The summed E-state index contributed by atoms with van der Waals surface area (Å²) in [5, 5.41) is 10.8. The highest BCUT2D eigenvalue weighted by Crippen LogP contribution is 1.97. The number of carboxylic acids is 1. The number of rotatable bonds is 3. The lowest BCUT2D eigenvalue weighted by Crippen LogP contribution is -2.23. The van der Waals surface area contributed by atoms with Gasteiger partial charge < -0.3 is 10.4 Å². The van der Waals surface area contributed by atoms with E-state index in [0.29, 0.717) is 12.5 Å². The summed E-state index contributed by atoms with van der Waals surface area (Å²) in [6.07, 6.45) is 0.547. The highest BCUT2D eigenvalue weighted by molar-refractivity contribution is 5.81. The van der Waals surface area contributed by atoms with E-state index in [1.807, 2.05) is 0 Å². The maximum atomic E-state index is 10.1. The quantitative estimate of drug-likeness (QED) is 0.555. The van der Waals surface area contributed by atoms with Gasteiger partial charge in [0.15, 0.2) is 0 Å². The van der Waals surface area contributed by atoms with E-state index in [-0.39, 0.29) is 0 Å². The van der Waals surface area contributed by atoms with Crippen LogP contribution in [0.1, 0.15) is 13.3 Å². The molecule has 0 aliphatic rings. The fourth-order valence-corrected chi connectivity index (χ4v) is 0.435. The zero-order valence-corrected chi connectivity index (χ0v) is 5.06. The van der Waals surface area contributed by atoms with E-state index in [9.17, 15) is 4.79 Å². The lowest BCUT2D eigenvalue weighted by molar-refractivity contribution is -0.135. The van der Waals surface area contributed by atoms with Crippen LogP contribution >= 0.6 is 0 Å². The molecular weight excluding hydrogens is 106 g/mol. The van der Waals surface area contributed by atoms with Gasteiger partial charge in [0.1, 0.15) is 6.04 Å². The third kappa shape index (κ3) is 1.93. The van der Waals surface area contributed by atoms with Crippen molar-refractivity contribution in [3.63, 3.8) is 0 Å². The van der Waals surface area contributed by atoms with Crippen LogP contribution in [0.15, 0.2) is 0 Å². The third-order valence-corrected chi connectivity index (χ3v) is 0.913.